The van der Waals surface area contributed by atoms with Crippen molar-refractivity contribution in [3.63, 3.8) is 0 Å². The number of benzene rings is 1. The Hall–Kier alpha value is -1.30. The zero-order chi connectivity index (χ0) is 14.9. The number of halogens is 2. The van der Waals surface area contributed by atoms with Crippen LogP contribution in [0.4, 0.5) is 5.69 Å². The minimum absolute atomic E-state index is 0.0962. The third kappa shape index (κ3) is 3.06. The van der Waals surface area contributed by atoms with Crippen molar-refractivity contribution < 1.29 is 8.42 Å². The van der Waals surface area contributed by atoms with Gasteiger partial charge in [0.2, 0.25) is 0 Å². The normalized spacial score (nSPS) is 11.4. The monoisotopic (exact) mass is 330 g/mol. The van der Waals surface area contributed by atoms with E-state index in [4.69, 9.17) is 23.2 Å². The average molecular weight is 331 g/mol. The van der Waals surface area contributed by atoms with E-state index in [0.717, 1.165) is 5.56 Å². The summed E-state index contributed by atoms with van der Waals surface area (Å²) in [6.45, 7) is 3.44. The molecule has 0 bridgehead atoms. The summed E-state index contributed by atoms with van der Waals surface area (Å²) in [5.74, 6) is 0. The van der Waals surface area contributed by atoms with E-state index in [2.05, 4.69) is 9.71 Å². The van der Waals surface area contributed by atoms with Crippen molar-refractivity contribution in [3.8, 4) is 0 Å². The van der Waals surface area contributed by atoms with Crippen molar-refractivity contribution in [1.29, 1.82) is 0 Å². The van der Waals surface area contributed by atoms with Crippen molar-refractivity contribution in [3.05, 3.63) is 51.8 Å². The van der Waals surface area contributed by atoms with E-state index in [1.807, 2.05) is 0 Å². The molecule has 0 aliphatic heterocycles. The van der Waals surface area contributed by atoms with Gasteiger partial charge in [0, 0.05) is 11.2 Å². The van der Waals surface area contributed by atoms with Crippen LogP contribution in [-0.2, 0) is 10.0 Å². The van der Waals surface area contributed by atoms with Crippen molar-refractivity contribution in [1.82, 2.24) is 4.98 Å². The van der Waals surface area contributed by atoms with E-state index in [-0.39, 0.29) is 15.7 Å². The van der Waals surface area contributed by atoms with Gasteiger partial charge in [-0.3, -0.25) is 4.72 Å². The maximum atomic E-state index is 12.4. The second kappa shape index (κ2) is 5.60. The molecule has 20 heavy (non-hydrogen) atoms. The van der Waals surface area contributed by atoms with Crippen LogP contribution in [0.1, 0.15) is 11.1 Å². The van der Waals surface area contributed by atoms with Gasteiger partial charge in [-0.15, -0.1) is 0 Å². The molecule has 4 nitrogen and oxygen atoms in total. The Morgan fingerprint density at radius 1 is 1.20 bits per heavy atom. The lowest BCUT2D eigenvalue weighted by Gasteiger charge is -2.12. The smallest absolute Gasteiger partial charge is 0.262 e. The number of anilines is 1. The average Bonchev–Trinajstić information content (AvgIpc) is 2.36. The van der Waals surface area contributed by atoms with Gasteiger partial charge in [0.1, 0.15) is 0 Å². The van der Waals surface area contributed by atoms with Crippen molar-refractivity contribution in [2.24, 2.45) is 0 Å². The summed E-state index contributed by atoms with van der Waals surface area (Å²) >= 11 is 11.8. The zero-order valence-corrected chi connectivity index (χ0v) is 13.1. The molecule has 106 valence electrons. The van der Waals surface area contributed by atoms with Gasteiger partial charge in [-0.05, 0) is 43.2 Å². The third-order valence-corrected chi connectivity index (χ3v) is 4.95. The topological polar surface area (TPSA) is 59.1 Å². The fourth-order valence-electron chi connectivity index (χ4n) is 1.70. The number of nitrogens with one attached hydrogen (secondary N) is 1. The molecule has 0 radical (unpaired) electrons. The lowest BCUT2D eigenvalue weighted by molar-refractivity contribution is 0.600. The summed E-state index contributed by atoms with van der Waals surface area (Å²) in [4.78, 5) is 4.02. The zero-order valence-electron chi connectivity index (χ0n) is 10.8. The molecule has 0 spiro atoms. The van der Waals surface area contributed by atoms with Crippen LogP contribution in [0.25, 0.3) is 0 Å². The Balaban J connectivity index is 2.46. The van der Waals surface area contributed by atoms with Gasteiger partial charge < -0.3 is 0 Å². The Morgan fingerprint density at radius 2 is 1.90 bits per heavy atom. The van der Waals surface area contributed by atoms with E-state index in [0.29, 0.717) is 10.6 Å². The van der Waals surface area contributed by atoms with Gasteiger partial charge in [-0.1, -0.05) is 29.3 Å². The first-order valence-electron chi connectivity index (χ1n) is 5.71. The highest BCUT2D eigenvalue weighted by Crippen LogP contribution is 2.27. The number of sulfonamides is 1. The summed E-state index contributed by atoms with van der Waals surface area (Å²) in [6.07, 6.45) is 1.56. The maximum absolute atomic E-state index is 12.4. The van der Waals surface area contributed by atoms with E-state index < -0.39 is 10.0 Å². The third-order valence-electron chi connectivity index (χ3n) is 2.73. The highest BCUT2D eigenvalue weighted by atomic mass is 35.5. The molecule has 0 atom stereocenters. The van der Waals surface area contributed by atoms with Crippen LogP contribution in [0.3, 0.4) is 0 Å². The first-order valence-corrected chi connectivity index (χ1v) is 7.95. The van der Waals surface area contributed by atoms with Gasteiger partial charge in [-0.2, -0.15) is 0 Å². The molecule has 0 saturated carbocycles. The number of aryl methyl sites for hydroxylation is 1. The second-order valence-corrected chi connectivity index (χ2v) is 6.74. The summed E-state index contributed by atoms with van der Waals surface area (Å²) in [7, 11) is -3.76. The van der Waals surface area contributed by atoms with Gasteiger partial charge in [0.05, 0.1) is 10.6 Å². The lowest BCUT2D eigenvalue weighted by Crippen LogP contribution is -2.15. The van der Waals surface area contributed by atoms with Gasteiger partial charge >= 0.3 is 0 Å². The van der Waals surface area contributed by atoms with E-state index in [1.165, 1.54) is 6.07 Å². The molecule has 1 aromatic heterocycles. The lowest BCUT2D eigenvalue weighted by atomic mass is 10.2. The van der Waals surface area contributed by atoms with E-state index >= 15 is 0 Å². The molecule has 0 fully saturated rings. The molecule has 1 N–H and O–H groups in total. The van der Waals surface area contributed by atoms with Crippen molar-refractivity contribution >= 4 is 38.9 Å². The molecule has 0 aliphatic carbocycles. The SMILES string of the molecule is Cc1cnc(Cl)c(NS(=O)(=O)c2cccc(Cl)c2C)c1. The molecule has 1 aromatic carbocycles. The van der Waals surface area contributed by atoms with Gasteiger partial charge in [0.15, 0.2) is 5.15 Å². The number of hydrogen-bond donors (Lipinski definition) is 1. The summed E-state index contributed by atoms with van der Waals surface area (Å²) in [5, 5.41) is 0.486. The first kappa shape index (κ1) is 15.1. The molecule has 0 saturated heterocycles. The molecule has 0 amide bonds. The minimum atomic E-state index is -3.76. The Kier molecular flexibility index (Phi) is 4.22. The maximum Gasteiger partial charge on any atom is 0.262 e. The molecule has 2 aromatic rings. The van der Waals surface area contributed by atoms with Crippen molar-refractivity contribution in [2.75, 3.05) is 4.72 Å². The molecular weight excluding hydrogens is 319 g/mol. The Bertz CT molecular complexity index is 761. The van der Waals surface area contributed by atoms with Crippen LogP contribution in [0.5, 0.6) is 0 Å². The van der Waals surface area contributed by atoms with Crippen LogP contribution in [0.15, 0.2) is 35.4 Å². The molecule has 0 aliphatic rings. The molecular formula is C13H12Cl2N2O2S. The fraction of sp³-hybridized carbons (Fsp3) is 0.154. The first-order chi connectivity index (χ1) is 9.31. The molecule has 7 heteroatoms. The van der Waals surface area contributed by atoms with Crippen LogP contribution in [0, 0.1) is 13.8 Å². The quantitative estimate of drug-likeness (QED) is 0.870. The van der Waals surface area contributed by atoms with Crippen molar-refractivity contribution in [2.45, 2.75) is 18.7 Å². The number of rotatable bonds is 3. The minimum Gasteiger partial charge on any atom is -0.276 e. The highest BCUT2D eigenvalue weighted by Gasteiger charge is 2.19. The van der Waals surface area contributed by atoms with E-state index in [1.54, 1.807) is 38.2 Å². The largest absolute Gasteiger partial charge is 0.276 e. The molecule has 2 rings (SSSR count). The molecule has 1 heterocycles. The Labute approximate surface area is 127 Å². The standard InChI is InChI=1S/C13H12Cl2N2O2S/c1-8-6-11(13(15)16-7-8)17-20(18,19)12-5-3-4-10(14)9(12)2/h3-7,17H,1-2H3. The fourth-order valence-corrected chi connectivity index (χ4v) is 3.47. The van der Waals surface area contributed by atoms with Crippen LogP contribution in [0.2, 0.25) is 10.2 Å². The summed E-state index contributed by atoms with van der Waals surface area (Å²) < 4.78 is 27.2. The van der Waals surface area contributed by atoms with Crippen LogP contribution < -0.4 is 4.72 Å². The molecule has 0 unspecified atom stereocenters. The number of aromatic nitrogens is 1. The number of pyridine rings is 1. The predicted molar refractivity (Wildman–Crippen MR) is 81.0 cm³/mol. The Morgan fingerprint density at radius 3 is 2.60 bits per heavy atom. The van der Waals surface area contributed by atoms with Gasteiger partial charge in [-0.25, -0.2) is 13.4 Å². The summed E-state index contributed by atoms with van der Waals surface area (Å²) in [5.41, 5.74) is 1.53. The number of hydrogen-bond acceptors (Lipinski definition) is 3. The summed E-state index contributed by atoms with van der Waals surface area (Å²) in [6, 6.07) is 6.32. The van der Waals surface area contributed by atoms with Crippen LogP contribution >= 0.6 is 23.2 Å². The van der Waals surface area contributed by atoms with Gasteiger partial charge in [0.25, 0.3) is 10.0 Å². The second-order valence-electron chi connectivity index (χ2n) is 4.32. The van der Waals surface area contributed by atoms with E-state index in [9.17, 15) is 8.42 Å². The predicted octanol–water partition coefficient (Wildman–Crippen LogP) is 3.81. The number of nitrogens with zero attached hydrogens (tertiary/aromatic N) is 1. The highest BCUT2D eigenvalue weighted by molar-refractivity contribution is 7.92. The van der Waals surface area contributed by atoms with Crippen LogP contribution in [-0.4, -0.2) is 13.4 Å².